The minimum atomic E-state index is -3.92. The summed E-state index contributed by atoms with van der Waals surface area (Å²) in [5, 5.41) is 7.62. The summed E-state index contributed by atoms with van der Waals surface area (Å²) >= 11 is 0. The van der Waals surface area contributed by atoms with Crippen LogP contribution in [-0.2, 0) is 21.9 Å². The number of hydrogen-bond donors (Lipinski definition) is 0. The molecule has 21 heavy (non-hydrogen) atoms. The Bertz CT molecular complexity index is 797. The van der Waals surface area contributed by atoms with Gasteiger partial charge in [-0.05, 0) is 50.3 Å². The van der Waals surface area contributed by atoms with E-state index >= 15 is 0 Å². The predicted octanol–water partition coefficient (Wildman–Crippen LogP) is 2.94. The van der Waals surface area contributed by atoms with Gasteiger partial charge in [-0.25, -0.2) is 8.42 Å². The Balaban J connectivity index is 2.17. The van der Waals surface area contributed by atoms with E-state index in [4.69, 9.17) is 10.7 Å². The van der Waals surface area contributed by atoms with Gasteiger partial charge in [-0.15, -0.1) is 10.2 Å². The molecule has 0 spiro atoms. The van der Waals surface area contributed by atoms with E-state index in [1.54, 1.807) is 4.57 Å². The number of halogens is 1. The van der Waals surface area contributed by atoms with Crippen molar-refractivity contribution < 1.29 is 8.42 Å². The number of benzene rings is 1. The molecular formula is C14H16ClN3O2S. The highest BCUT2D eigenvalue weighted by atomic mass is 35.7. The van der Waals surface area contributed by atoms with Gasteiger partial charge in [-0.1, -0.05) is 12.1 Å². The van der Waals surface area contributed by atoms with E-state index in [-0.39, 0.29) is 11.2 Å². The fourth-order valence-corrected chi connectivity index (χ4v) is 3.80. The molecule has 0 unspecified atom stereocenters. The van der Waals surface area contributed by atoms with Crippen LogP contribution < -0.4 is 0 Å². The molecular weight excluding hydrogens is 310 g/mol. The monoisotopic (exact) mass is 325 g/mol. The highest BCUT2D eigenvalue weighted by Gasteiger charge is 2.25. The van der Waals surface area contributed by atoms with Crippen molar-refractivity contribution in [1.82, 2.24) is 14.8 Å². The highest BCUT2D eigenvalue weighted by Crippen LogP contribution is 2.30. The van der Waals surface area contributed by atoms with Crippen molar-refractivity contribution in [3.05, 3.63) is 29.3 Å². The molecule has 1 aliphatic carbocycles. The third-order valence-corrected chi connectivity index (χ3v) is 4.88. The topological polar surface area (TPSA) is 64.8 Å². The Morgan fingerprint density at radius 2 is 1.90 bits per heavy atom. The van der Waals surface area contributed by atoms with Crippen LogP contribution in [0.1, 0.15) is 37.4 Å². The predicted molar refractivity (Wildman–Crippen MR) is 80.9 cm³/mol. The van der Waals surface area contributed by atoms with E-state index in [1.165, 1.54) is 11.1 Å². The Morgan fingerprint density at radius 1 is 1.19 bits per heavy atom. The molecule has 0 bridgehead atoms. The quantitative estimate of drug-likeness (QED) is 0.814. The van der Waals surface area contributed by atoms with Gasteiger partial charge >= 0.3 is 0 Å². The zero-order valence-electron chi connectivity index (χ0n) is 11.9. The van der Waals surface area contributed by atoms with Gasteiger partial charge in [0.05, 0.1) is 0 Å². The molecule has 0 fully saturated rings. The van der Waals surface area contributed by atoms with Crippen LogP contribution in [0.25, 0.3) is 11.4 Å². The normalized spacial score (nSPS) is 14.7. The fourth-order valence-electron chi connectivity index (χ4n) is 2.82. The second-order valence-corrected chi connectivity index (χ2v) is 8.00. The summed E-state index contributed by atoms with van der Waals surface area (Å²) in [5.74, 6) is 0.541. The molecule has 7 heteroatoms. The van der Waals surface area contributed by atoms with Crippen LogP contribution >= 0.6 is 10.7 Å². The third-order valence-electron chi connectivity index (χ3n) is 3.76. The molecule has 3 rings (SSSR count). The number of fused-ring (bicyclic) bond motifs is 1. The number of nitrogens with zero attached hydrogens (tertiary/aromatic N) is 3. The molecule has 1 aromatic carbocycles. The molecule has 0 saturated heterocycles. The molecule has 1 aromatic heterocycles. The van der Waals surface area contributed by atoms with Crippen molar-refractivity contribution in [1.29, 1.82) is 0 Å². The van der Waals surface area contributed by atoms with Crippen molar-refractivity contribution >= 4 is 19.7 Å². The largest absolute Gasteiger partial charge is 0.296 e. The molecule has 0 radical (unpaired) electrons. The molecule has 1 aliphatic rings. The molecule has 2 aromatic rings. The number of hydrogen-bond acceptors (Lipinski definition) is 4. The van der Waals surface area contributed by atoms with E-state index < -0.39 is 9.05 Å². The summed E-state index contributed by atoms with van der Waals surface area (Å²) in [7, 11) is 1.54. The first-order chi connectivity index (χ1) is 9.88. The average molecular weight is 326 g/mol. The van der Waals surface area contributed by atoms with Gasteiger partial charge in [0.2, 0.25) is 0 Å². The van der Waals surface area contributed by atoms with Crippen LogP contribution in [0.5, 0.6) is 0 Å². The lowest BCUT2D eigenvalue weighted by Gasteiger charge is -2.13. The van der Waals surface area contributed by atoms with Crippen LogP contribution in [0.15, 0.2) is 23.4 Å². The average Bonchev–Trinajstić information content (AvgIpc) is 3.03. The van der Waals surface area contributed by atoms with Crippen LogP contribution in [0.4, 0.5) is 0 Å². The van der Waals surface area contributed by atoms with Gasteiger partial charge < -0.3 is 0 Å². The molecule has 0 aliphatic heterocycles. The number of aromatic nitrogens is 3. The first-order valence-electron chi connectivity index (χ1n) is 6.89. The molecule has 1 heterocycles. The van der Waals surface area contributed by atoms with Gasteiger partial charge in [-0.3, -0.25) is 4.57 Å². The molecule has 0 saturated carbocycles. The zero-order valence-corrected chi connectivity index (χ0v) is 13.4. The van der Waals surface area contributed by atoms with Gasteiger partial charge in [0.25, 0.3) is 14.2 Å². The fraction of sp³-hybridized carbons (Fsp3) is 0.429. The van der Waals surface area contributed by atoms with Crippen LogP contribution in [0.2, 0.25) is 0 Å². The highest BCUT2D eigenvalue weighted by molar-refractivity contribution is 8.13. The van der Waals surface area contributed by atoms with E-state index in [0.717, 1.165) is 24.8 Å². The van der Waals surface area contributed by atoms with Crippen molar-refractivity contribution in [3.8, 4) is 11.4 Å². The van der Waals surface area contributed by atoms with Crippen molar-refractivity contribution in [2.45, 2.75) is 44.3 Å². The maximum atomic E-state index is 11.6. The van der Waals surface area contributed by atoms with Crippen LogP contribution in [-0.4, -0.2) is 23.2 Å². The van der Waals surface area contributed by atoms with Crippen molar-refractivity contribution in [2.24, 2.45) is 0 Å². The number of aryl methyl sites for hydroxylation is 2. The van der Waals surface area contributed by atoms with Crippen LogP contribution in [0, 0.1) is 0 Å². The first kappa shape index (κ1) is 14.5. The van der Waals surface area contributed by atoms with E-state index in [0.29, 0.717) is 5.82 Å². The van der Waals surface area contributed by atoms with E-state index in [2.05, 4.69) is 22.3 Å². The molecule has 5 nitrogen and oxygen atoms in total. The van der Waals surface area contributed by atoms with Gasteiger partial charge in [0.1, 0.15) is 0 Å². The van der Waals surface area contributed by atoms with Crippen molar-refractivity contribution in [3.63, 3.8) is 0 Å². The van der Waals surface area contributed by atoms with Crippen molar-refractivity contribution in [2.75, 3.05) is 0 Å². The van der Waals surface area contributed by atoms with E-state index in [9.17, 15) is 8.42 Å². The minimum Gasteiger partial charge on any atom is -0.294 e. The third kappa shape index (κ3) is 2.58. The zero-order chi connectivity index (χ0) is 15.2. The van der Waals surface area contributed by atoms with E-state index in [1.807, 2.05) is 19.9 Å². The summed E-state index contributed by atoms with van der Waals surface area (Å²) in [6.45, 7) is 3.76. The smallest absolute Gasteiger partial charge is 0.294 e. The van der Waals surface area contributed by atoms with Crippen LogP contribution in [0.3, 0.4) is 0 Å². The first-order valence-corrected chi connectivity index (χ1v) is 9.20. The Kier molecular flexibility index (Phi) is 3.53. The summed E-state index contributed by atoms with van der Waals surface area (Å²) in [5.41, 5.74) is 3.55. The van der Waals surface area contributed by atoms with Gasteiger partial charge in [0, 0.05) is 22.3 Å². The summed E-state index contributed by atoms with van der Waals surface area (Å²) < 4.78 is 24.8. The second kappa shape index (κ2) is 5.10. The minimum absolute atomic E-state index is 0.105. The lowest BCUT2D eigenvalue weighted by atomic mass is 10.1. The molecule has 0 amide bonds. The second-order valence-electron chi connectivity index (χ2n) is 5.54. The standard InChI is InChI=1S/C14H16ClN3O2S/c1-9(2)18-13(16-17-14(18)21(15,19)20)12-7-6-10-4-3-5-11(10)8-12/h6-9H,3-5H2,1-2H3. The SMILES string of the molecule is CC(C)n1c(-c2ccc3c(c2)CCC3)nnc1S(=O)(=O)Cl. The summed E-state index contributed by atoms with van der Waals surface area (Å²) in [4.78, 5) is 0. The summed E-state index contributed by atoms with van der Waals surface area (Å²) in [6.07, 6.45) is 3.32. The molecule has 112 valence electrons. The Morgan fingerprint density at radius 3 is 2.57 bits per heavy atom. The molecule has 0 N–H and O–H groups in total. The Hall–Kier alpha value is -1.40. The lowest BCUT2D eigenvalue weighted by Crippen LogP contribution is -2.10. The Labute approximate surface area is 128 Å². The maximum Gasteiger partial charge on any atom is 0.296 e. The summed E-state index contributed by atoms with van der Waals surface area (Å²) in [6, 6.07) is 6.03. The van der Waals surface area contributed by atoms with Gasteiger partial charge in [0.15, 0.2) is 5.82 Å². The van der Waals surface area contributed by atoms with Gasteiger partial charge in [-0.2, -0.15) is 0 Å². The lowest BCUT2D eigenvalue weighted by molar-refractivity contribution is 0.530. The maximum absolute atomic E-state index is 11.6. The number of rotatable bonds is 3. The molecule has 0 atom stereocenters.